The van der Waals surface area contributed by atoms with Crippen molar-refractivity contribution < 1.29 is 13.6 Å². The molecule has 0 fully saturated rings. The number of azide groups is 1. The van der Waals surface area contributed by atoms with Crippen molar-refractivity contribution in [3.05, 3.63) is 10.4 Å². The Hall–Kier alpha value is -1.16. The monoisotopic (exact) mass is 134 g/mol. The lowest BCUT2D eigenvalue weighted by atomic mass is 10.4. The van der Waals surface area contributed by atoms with E-state index in [-0.39, 0.29) is 0 Å². The van der Waals surface area contributed by atoms with Crippen molar-refractivity contribution >= 4 is 6.29 Å². The lowest BCUT2D eigenvalue weighted by Gasteiger charge is -2.00. The first-order chi connectivity index (χ1) is 4.12. The van der Waals surface area contributed by atoms with Crippen LogP contribution < -0.4 is 0 Å². The standard InChI is InChI=1S/C3H2F2N3O/c4-3(5,1-2-9)7-8-6/h1H2. The van der Waals surface area contributed by atoms with Crippen LogP contribution >= 0.6 is 0 Å². The molecule has 0 aliphatic rings. The van der Waals surface area contributed by atoms with Crippen LogP contribution in [0.25, 0.3) is 10.4 Å². The minimum absolute atomic E-state index is 0.928. The largest absolute Gasteiger partial charge is 0.333 e. The van der Waals surface area contributed by atoms with Gasteiger partial charge in [-0.2, -0.15) is 8.78 Å². The maximum absolute atomic E-state index is 11.7. The van der Waals surface area contributed by atoms with Gasteiger partial charge in [-0.1, -0.05) is 0 Å². The zero-order valence-electron chi connectivity index (χ0n) is 4.21. The summed E-state index contributed by atoms with van der Waals surface area (Å²) >= 11 is 0. The van der Waals surface area contributed by atoms with Gasteiger partial charge in [-0.05, 0) is 10.6 Å². The Morgan fingerprint density at radius 2 is 2.33 bits per heavy atom. The van der Waals surface area contributed by atoms with E-state index >= 15 is 0 Å². The molecule has 6 heteroatoms. The van der Waals surface area contributed by atoms with Crippen molar-refractivity contribution in [2.24, 2.45) is 5.11 Å². The Kier molecular flexibility index (Phi) is 2.60. The summed E-state index contributed by atoms with van der Waals surface area (Å²) < 4.78 is 23.5. The van der Waals surface area contributed by atoms with Gasteiger partial charge >= 0.3 is 6.05 Å². The predicted octanol–water partition coefficient (Wildman–Crippen LogP) is 1.39. The zero-order valence-corrected chi connectivity index (χ0v) is 4.21. The summed E-state index contributed by atoms with van der Waals surface area (Å²) in [4.78, 5) is 11.1. The van der Waals surface area contributed by atoms with Gasteiger partial charge in [0.15, 0.2) is 0 Å². The van der Waals surface area contributed by atoms with Crippen LogP contribution in [-0.4, -0.2) is 12.3 Å². The van der Waals surface area contributed by atoms with E-state index in [1.807, 2.05) is 10.0 Å². The molecular weight excluding hydrogens is 132 g/mol. The van der Waals surface area contributed by atoms with Crippen molar-refractivity contribution in [1.29, 1.82) is 0 Å². The lowest BCUT2D eigenvalue weighted by Crippen LogP contribution is -2.10. The zero-order chi connectivity index (χ0) is 7.33. The third kappa shape index (κ3) is 3.42. The van der Waals surface area contributed by atoms with E-state index in [0.717, 1.165) is 6.29 Å². The molecule has 49 valence electrons. The number of alkyl halides is 2. The van der Waals surface area contributed by atoms with E-state index in [9.17, 15) is 13.6 Å². The highest BCUT2D eigenvalue weighted by Crippen LogP contribution is 2.17. The van der Waals surface area contributed by atoms with Gasteiger partial charge in [0.1, 0.15) is 0 Å². The molecule has 0 rings (SSSR count). The highest BCUT2D eigenvalue weighted by atomic mass is 19.3. The number of hydrogen-bond donors (Lipinski definition) is 0. The van der Waals surface area contributed by atoms with Crippen molar-refractivity contribution in [1.82, 2.24) is 0 Å². The fraction of sp³-hybridized carbons (Fsp3) is 0.667. The Morgan fingerprint density at radius 1 is 1.78 bits per heavy atom. The topological polar surface area (TPSA) is 65.8 Å². The second-order valence-electron chi connectivity index (χ2n) is 1.18. The van der Waals surface area contributed by atoms with Gasteiger partial charge in [-0.15, -0.1) is 0 Å². The van der Waals surface area contributed by atoms with Gasteiger partial charge in [0.25, 0.3) is 0 Å². The third-order valence-electron chi connectivity index (χ3n) is 0.476. The summed E-state index contributed by atoms with van der Waals surface area (Å²) in [5.41, 5.74) is 7.48. The quantitative estimate of drug-likeness (QED) is 0.249. The molecule has 0 unspecified atom stereocenters. The third-order valence-corrected chi connectivity index (χ3v) is 0.476. The molecule has 0 amide bonds. The van der Waals surface area contributed by atoms with E-state index in [4.69, 9.17) is 5.53 Å². The molecule has 0 aliphatic carbocycles. The number of rotatable bonds is 3. The first-order valence-corrected chi connectivity index (χ1v) is 1.91. The van der Waals surface area contributed by atoms with Crippen LogP contribution in [-0.2, 0) is 4.79 Å². The van der Waals surface area contributed by atoms with Gasteiger partial charge < -0.3 is 0 Å². The van der Waals surface area contributed by atoms with Crippen molar-refractivity contribution in [2.45, 2.75) is 12.5 Å². The summed E-state index contributed by atoms with van der Waals surface area (Å²) in [6.07, 6.45) is -0.256. The summed E-state index contributed by atoms with van der Waals surface area (Å²) in [6, 6.07) is -3.61. The van der Waals surface area contributed by atoms with E-state index in [0.29, 0.717) is 0 Å². The summed E-state index contributed by atoms with van der Waals surface area (Å²) in [5.74, 6) is 0. The number of hydrogen-bond acceptors (Lipinski definition) is 2. The summed E-state index contributed by atoms with van der Waals surface area (Å²) in [6.45, 7) is 0. The van der Waals surface area contributed by atoms with E-state index < -0.39 is 12.5 Å². The molecule has 9 heavy (non-hydrogen) atoms. The average Bonchev–Trinajstić information content (AvgIpc) is 1.64. The molecule has 1 radical (unpaired) electrons. The number of carbonyl (C=O) groups excluding carboxylic acids is 1. The smallest absolute Gasteiger partial charge is 0.291 e. The van der Waals surface area contributed by atoms with Crippen LogP contribution in [0.5, 0.6) is 0 Å². The van der Waals surface area contributed by atoms with Gasteiger partial charge in [-0.3, -0.25) is 4.79 Å². The number of nitrogens with zero attached hydrogens (tertiary/aromatic N) is 3. The van der Waals surface area contributed by atoms with E-state index in [1.54, 1.807) is 0 Å². The second-order valence-corrected chi connectivity index (χ2v) is 1.18. The van der Waals surface area contributed by atoms with Gasteiger partial charge in [0.2, 0.25) is 6.29 Å². The molecule has 0 atom stereocenters. The molecule has 0 aliphatic heterocycles. The SMILES string of the molecule is [N-]=[N+]=NC(F)(F)C[C]=O. The normalized spacial score (nSPS) is 10.0. The molecule has 0 aromatic heterocycles. The van der Waals surface area contributed by atoms with Crippen LogP contribution in [0, 0.1) is 0 Å². The molecule has 0 bridgehead atoms. The highest BCUT2D eigenvalue weighted by molar-refractivity contribution is 5.51. The van der Waals surface area contributed by atoms with Crippen molar-refractivity contribution in [3.63, 3.8) is 0 Å². The van der Waals surface area contributed by atoms with Gasteiger partial charge in [-0.25, -0.2) is 0 Å². The van der Waals surface area contributed by atoms with Crippen LogP contribution in [0.3, 0.4) is 0 Å². The molecule has 0 spiro atoms. The number of halogens is 2. The summed E-state index contributed by atoms with van der Waals surface area (Å²) in [5, 5.41) is 2.03. The fourth-order valence-electron chi connectivity index (χ4n) is 0.188. The second kappa shape index (κ2) is 2.99. The van der Waals surface area contributed by atoms with Crippen LogP contribution in [0.15, 0.2) is 5.11 Å². The molecule has 4 nitrogen and oxygen atoms in total. The van der Waals surface area contributed by atoms with Gasteiger partial charge in [0.05, 0.1) is 6.42 Å². The Morgan fingerprint density at radius 3 is 2.67 bits per heavy atom. The first kappa shape index (κ1) is 7.84. The average molecular weight is 134 g/mol. The Balaban J connectivity index is 3.99. The van der Waals surface area contributed by atoms with E-state index in [1.165, 1.54) is 0 Å². The Labute approximate surface area is 49.1 Å². The highest BCUT2D eigenvalue weighted by Gasteiger charge is 2.26. The fourth-order valence-corrected chi connectivity index (χ4v) is 0.188. The molecule has 0 heterocycles. The van der Waals surface area contributed by atoms with Crippen LogP contribution in [0.2, 0.25) is 0 Å². The minimum Gasteiger partial charge on any atom is -0.291 e. The first-order valence-electron chi connectivity index (χ1n) is 1.91. The molecule has 0 aromatic carbocycles. The lowest BCUT2D eigenvalue weighted by molar-refractivity contribution is 0.0164. The van der Waals surface area contributed by atoms with E-state index in [2.05, 4.69) is 0 Å². The maximum Gasteiger partial charge on any atom is 0.333 e. The molecule has 0 saturated heterocycles. The molecule has 0 saturated carbocycles. The maximum atomic E-state index is 11.7. The summed E-state index contributed by atoms with van der Waals surface area (Å²) in [7, 11) is 0. The minimum atomic E-state index is -3.61. The van der Waals surface area contributed by atoms with Crippen molar-refractivity contribution in [3.8, 4) is 0 Å². The van der Waals surface area contributed by atoms with Gasteiger partial charge in [0, 0.05) is 4.91 Å². The van der Waals surface area contributed by atoms with Crippen molar-refractivity contribution in [2.75, 3.05) is 0 Å². The van der Waals surface area contributed by atoms with Crippen LogP contribution in [0.1, 0.15) is 6.42 Å². The molecular formula is C3H2F2N3O. The molecule has 0 N–H and O–H groups in total. The van der Waals surface area contributed by atoms with Crippen LogP contribution in [0.4, 0.5) is 8.78 Å². The Bertz CT molecular complexity index is 151. The molecule has 0 aromatic rings. The predicted molar refractivity (Wildman–Crippen MR) is 24.4 cm³/mol.